The van der Waals surface area contributed by atoms with E-state index in [2.05, 4.69) is 46.5 Å². The van der Waals surface area contributed by atoms with Crippen LogP contribution in [-0.2, 0) is 0 Å². The second kappa shape index (κ2) is 6.10. The minimum atomic E-state index is 0.399. The first-order chi connectivity index (χ1) is 10.3. The molecule has 0 fully saturated rings. The minimum absolute atomic E-state index is 0.399. The highest BCUT2D eigenvalue weighted by atomic mass is 35.5. The zero-order valence-corrected chi connectivity index (χ0v) is 12.5. The van der Waals surface area contributed by atoms with Crippen molar-refractivity contribution in [1.29, 1.82) is 0 Å². The largest absolute Gasteiger partial charge is 0.369 e. The molecular formula is C17H16ClN3. The highest BCUT2D eigenvalue weighted by molar-refractivity contribution is 6.35. The SMILES string of the molecule is CC(CNc1ncnc2c(Cl)cccc12)c1ccccc1. The lowest BCUT2D eigenvalue weighted by molar-refractivity contribution is 0.802. The van der Waals surface area contributed by atoms with Crippen LogP contribution in [0, 0.1) is 0 Å². The maximum Gasteiger partial charge on any atom is 0.137 e. The molecule has 1 atom stereocenters. The molecule has 0 saturated carbocycles. The number of hydrogen-bond donors (Lipinski definition) is 1. The topological polar surface area (TPSA) is 37.8 Å². The van der Waals surface area contributed by atoms with E-state index in [9.17, 15) is 0 Å². The highest BCUT2D eigenvalue weighted by Gasteiger charge is 2.09. The monoisotopic (exact) mass is 297 g/mol. The van der Waals surface area contributed by atoms with E-state index < -0.39 is 0 Å². The first kappa shape index (κ1) is 13.8. The van der Waals surface area contributed by atoms with Crippen LogP contribution in [0.4, 0.5) is 5.82 Å². The Labute approximate surface area is 129 Å². The van der Waals surface area contributed by atoms with Gasteiger partial charge in [-0.1, -0.05) is 54.9 Å². The average Bonchev–Trinajstić information content (AvgIpc) is 2.54. The molecule has 1 aromatic heterocycles. The zero-order chi connectivity index (χ0) is 14.7. The van der Waals surface area contributed by atoms with E-state index in [0.29, 0.717) is 10.9 Å². The average molecular weight is 298 g/mol. The third kappa shape index (κ3) is 2.98. The Morgan fingerprint density at radius 3 is 2.67 bits per heavy atom. The Balaban J connectivity index is 1.81. The summed E-state index contributed by atoms with van der Waals surface area (Å²) in [6.07, 6.45) is 1.55. The molecule has 3 aromatic rings. The van der Waals surface area contributed by atoms with Crippen LogP contribution < -0.4 is 5.32 Å². The van der Waals surface area contributed by atoms with Crippen LogP contribution in [0.3, 0.4) is 0 Å². The van der Waals surface area contributed by atoms with Gasteiger partial charge >= 0.3 is 0 Å². The van der Waals surface area contributed by atoms with Gasteiger partial charge in [0, 0.05) is 11.9 Å². The normalized spacial score (nSPS) is 12.3. The van der Waals surface area contributed by atoms with Crippen LogP contribution in [0.25, 0.3) is 10.9 Å². The van der Waals surface area contributed by atoms with Crippen molar-refractivity contribution >= 4 is 28.3 Å². The van der Waals surface area contributed by atoms with E-state index in [1.54, 1.807) is 6.33 Å². The molecule has 1 heterocycles. The number of rotatable bonds is 4. The Hall–Kier alpha value is -2.13. The molecule has 21 heavy (non-hydrogen) atoms. The number of nitrogens with zero attached hydrogens (tertiary/aromatic N) is 2. The van der Waals surface area contributed by atoms with Crippen LogP contribution in [0.2, 0.25) is 5.02 Å². The maximum atomic E-state index is 6.17. The number of aromatic nitrogens is 2. The molecule has 0 bridgehead atoms. The third-order valence-corrected chi connectivity index (χ3v) is 3.86. The van der Waals surface area contributed by atoms with Crippen molar-refractivity contribution in [1.82, 2.24) is 9.97 Å². The quantitative estimate of drug-likeness (QED) is 0.770. The summed E-state index contributed by atoms with van der Waals surface area (Å²) in [4.78, 5) is 8.58. The summed E-state index contributed by atoms with van der Waals surface area (Å²) in [6.45, 7) is 3.00. The molecule has 3 rings (SSSR count). The van der Waals surface area contributed by atoms with Crippen molar-refractivity contribution in [3.8, 4) is 0 Å². The lowest BCUT2D eigenvalue weighted by atomic mass is 10.0. The third-order valence-electron chi connectivity index (χ3n) is 3.56. The second-order valence-electron chi connectivity index (χ2n) is 5.05. The predicted molar refractivity (Wildman–Crippen MR) is 87.9 cm³/mol. The Kier molecular flexibility index (Phi) is 4.02. The van der Waals surface area contributed by atoms with E-state index >= 15 is 0 Å². The van der Waals surface area contributed by atoms with Crippen LogP contribution in [0.5, 0.6) is 0 Å². The van der Waals surface area contributed by atoms with Crippen LogP contribution in [0.1, 0.15) is 18.4 Å². The molecular weight excluding hydrogens is 282 g/mol. The van der Waals surface area contributed by atoms with Gasteiger partial charge in [0.25, 0.3) is 0 Å². The second-order valence-corrected chi connectivity index (χ2v) is 5.46. The molecule has 2 aromatic carbocycles. The highest BCUT2D eigenvalue weighted by Crippen LogP contribution is 2.26. The molecule has 0 aliphatic heterocycles. The number of nitrogens with one attached hydrogen (secondary N) is 1. The van der Waals surface area contributed by atoms with Gasteiger partial charge in [-0.2, -0.15) is 0 Å². The summed E-state index contributed by atoms with van der Waals surface area (Å²) in [5.41, 5.74) is 2.09. The molecule has 0 aliphatic rings. The Morgan fingerprint density at radius 2 is 1.86 bits per heavy atom. The minimum Gasteiger partial charge on any atom is -0.369 e. The van der Waals surface area contributed by atoms with Crippen molar-refractivity contribution in [2.45, 2.75) is 12.8 Å². The fourth-order valence-electron chi connectivity index (χ4n) is 2.34. The van der Waals surface area contributed by atoms with Crippen molar-refractivity contribution in [2.75, 3.05) is 11.9 Å². The Morgan fingerprint density at radius 1 is 1.05 bits per heavy atom. The molecule has 0 radical (unpaired) electrons. The zero-order valence-electron chi connectivity index (χ0n) is 11.8. The first-order valence-corrected chi connectivity index (χ1v) is 7.31. The van der Waals surface area contributed by atoms with Gasteiger partial charge in [-0.25, -0.2) is 9.97 Å². The van der Waals surface area contributed by atoms with Gasteiger partial charge in [0.2, 0.25) is 0 Å². The van der Waals surface area contributed by atoms with E-state index in [-0.39, 0.29) is 0 Å². The number of halogens is 1. The molecule has 4 heteroatoms. The number of fused-ring (bicyclic) bond motifs is 1. The van der Waals surface area contributed by atoms with Crippen LogP contribution >= 0.6 is 11.6 Å². The molecule has 0 saturated heterocycles. The van der Waals surface area contributed by atoms with Gasteiger partial charge in [-0.05, 0) is 23.6 Å². The van der Waals surface area contributed by atoms with E-state index in [1.807, 2.05) is 24.3 Å². The number of anilines is 1. The summed E-state index contributed by atoms with van der Waals surface area (Å²) >= 11 is 6.17. The lowest BCUT2D eigenvalue weighted by Gasteiger charge is -2.14. The molecule has 0 aliphatic carbocycles. The first-order valence-electron chi connectivity index (χ1n) is 6.94. The molecule has 0 amide bonds. The van der Waals surface area contributed by atoms with Gasteiger partial charge in [0.15, 0.2) is 0 Å². The smallest absolute Gasteiger partial charge is 0.137 e. The fourth-order valence-corrected chi connectivity index (χ4v) is 2.56. The van der Waals surface area contributed by atoms with Crippen LogP contribution in [-0.4, -0.2) is 16.5 Å². The van der Waals surface area contributed by atoms with Crippen molar-refractivity contribution in [2.24, 2.45) is 0 Å². The summed E-state index contributed by atoms with van der Waals surface area (Å²) in [5, 5.41) is 5.00. The van der Waals surface area contributed by atoms with E-state index in [0.717, 1.165) is 23.3 Å². The summed E-state index contributed by atoms with van der Waals surface area (Å²) in [5.74, 6) is 1.22. The van der Waals surface area contributed by atoms with E-state index in [1.165, 1.54) is 5.56 Å². The van der Waals surface area contributed by atoms with E-state index in [4.69, 9.17) is 11.6 Å². The maximum absolute atomic E-state index is 6.17. The molecule has 1 unspecified atom stereocenters. The predicted octanol–water partition coefficient (Wildman–Crippen LogP) is 4.50. The van der Waals surface area contributed by atoms with Gasteiger partial charge < -0.3 is 5.32 Å². The van der Waals surface area contributed by atoms with Crippen LogP contribution in [0.15, 0.2) is 54.9 Å². The van der Waals surface area contributed by atoms with Gasteiger partial charge in [0.1, 0.15) is 12.1 Å². The fraction of sp³-hybridized carbons (Fsp3) is 0.176. The molecule has 1 N–H and O–H groups in total. The summed E-state index contributed by atoms with van der Waals surface area (Å²) in [6, 6.07) is 16.2. The molecule has 106 valence electrons. The lowest BCUT2D eigenvalue weighted by Crippen LogP contribution is -2.11. The van der Waals surface area contributed by atoms with Gasteiger partial charge in [0.05, 0.1) is 10.5 Å². The number of para-hydroxylation sites is 1. The van der Waals surface area contributed by atoms with Crippen molar-refractivity contribution in [3.05, 3.63) is 65.4 Å². The van der Waals surface area contributed by atoms with Crippen molar-refractivity contribution < 1.29 is 0 Å². The molecule has 3 nitrogen and oxygen atoms in total. The van der Waals surface area contributed by atoms with Gasteiger partial charge in [-0.3, -0.25) is 0 Å². The Bertz CT molecular complexity index is 743. The summed E-state index contributed by atoms with van der Waals surface area (Å²) in [7, 11) is 0. The standard InChI is InChI=1S/C17H16ClN3/c1-12(13-6-3-2-4-7-13)10-19-17-14-8-5-9-15(18)16(14)20-11-21-17/h2-9,11-12H,10H2,1H3,(H,19,20,21). The molecule has 0 spiro atoms. The van der Waals surface area contributed by atoms with Gasteiger partial charge in [-0.15, -0.1) is 0 Å². The summed E-state index contributed by atoms with van der Waals surface area (Å²) < 4.78 is 0. The number of benzene rings is 2. The number of hydrogen-bond acceptors (Lipinski definition) is 3. The van der Waals surface area contributed by atoms with Crippen molar-refractivity contribution in [3.63, 3.8) is 0 Å².